The zero-order valence-corrected chi connectivity index (χ0v) is 3.58. The van der Waals surface area contributed by atoms with Crippen LogP contribution in [0.15, 0.2) is 0 Å². The number of halogens is 1. The van der Waals surface area contributed by atoms with E-state index < -0.39 is 0 Å². The summed E-state index contributed by atoms with van der Waals surface area (Å²) < 4.78 is 6.47. The van der Waals surface area contributed by atoms with Crippen LogP contribution < -0.4 is 0 Å². The molecule has 0 rings (SSSR count). The van der Waals surface area contributed by atoms with Crippen LogP contribution in [0, 0.1) is 0 Å². The second-order valence-electron chi connectivity index (χ2n) is 0. The zero-order chi connectivity index (χ0) is 4.00. The van der Waals surface area contributed by atoms with Gasteiger partial charge in [0.15, 0.2) is 0 Å². The highest BCUT2D eigenvalue weighted by molar-refractivity contribution is 6.04. The van der Waals surface area contributed by atoms with E-state index in [1.165, 1.54) is 0 Å². The Morgan fingerprint density at radius 3 is 1.25 bits per heavy atom. The number of hydrogen-bond acceptors (Lipinski definition) is 1. The Morgan fingerprint density at radius 1 is 1.25 bits per heavy atom. The predicted octanol–water partition coefficient (Wildman–Crippen LogP) is 1.16. The van der Waals surface area contributed by atoms with Crippen molar-refractivity contribution in [3.05, 3.63) is 0 Å². The zero-order valence-electron chi connectivity index (χ0n) is 2.83. The molecule has 0 aliphatic heterocycles. The Balaban J connectivity index is 0. The van der Waals surface area contributed by atoms with Gasteiger partial charge in [-0.2, -0.15) is 0 Å². The van der Waals surface area contributed by atoms with Crippen molar-refractivity contribution < 1.29 is 4.66 Å². The monoisotopic (exact) mass is 82.0 g/mol. The molecule has 1 N–H and O–H groups in total. The van der Waals surface area contributed by atoms with Crippen LogP contribution in [-0.2, 0) is 0 Å². The maximum Gasteiger partial charge on any atom is 0.0579 e. The van der Waals surface area contributed by atoms with Gasteiger partial charge in [0, 0.05) is 0 Å². The van der Waals surface area contributed by atoms with Gasteiger partial charge in [-0.05, 0) is 0 Å². The third-order valence-corrected chi connectivity index (χ3v) is 0. The number of rotatable bonds is 0. The quantitative estimate of drug-likeness (QED) is 0.465. The van der Waals surface area contributed by atoms with Crippen molar-refractivity contribution in [2.75, 3.05) is 0 Å². The van der Waals surface area contributed by atoms with E-state index in [1.807, 2.05) is 13.8 Å². The largest absolute Gasteiger partial charge is 0.295 e. The summed E-state index contributed by atoms with van der Waals surface area (Å²) in [7, 11) is 0. The van der Waals surface area contributed by atoms with Crippen LogP contribution in [-0.4, -0.2) is 4.66 Å². The highest BCUT2D eigenvalue weighted by Gasteiger charge is 0.932. The topological polar surface area (TPSA) is 20.2 Å². The van der Waals surface area contributed by atoms with E-state index in [4.69, 9.17) is 4.66 Å². The maximum atomic E-state index is 6.47. The molecule has 0 saturated carbocycles. The summed E-state index contributed by atoms with van der Waals surface area (Å²) in [5, 5.41) is 0. The molecule has 0 aromatic rings. The van der Waals surface area contributed by atoms with Gasteiger partial charge in [0.2, 0.25) is 0 Å². The summed E-state index contributed by atoms with van der Waals surface area (Å²) in [6.07, 6.45) is 0. The van der Waals surface area contributed by atoms with Gasteiger partial charge in [-0.1, -0.05) is 13.8 Å². The van der Waals surface area contributed by atoms with Crippen molar-refractivity contribution in [2.24, 2.45) is 0 Å². The molecule has 4 heavy (non-hydrogen) atoms. The fourth-order valence-corrected chi connectivity index (χ4v) is 0. The first-order valence-electron chi connectivity index (χ1n) is 1.17. The van der Waals surface area contributed by atoms with Gasteiger partial charge in [0.1, 0.15) is 0 Å². The van der Waals surface area contributed by atoms with Gasteiger partial charge >= 0.3 is 0 Å². The fourth-order valence-electron chi connectivity index (χ4n) is 0. The van der Waals surface area contributed by atoms with E-state index in [0.717, 1.165) is 0 Å². The second kappa shape index (κ2) is 263. The Morgan fingerprint density at radius 2 is 1.25 bits per heavy atom. The van der Waals surface area contributed by atoms with E-state index in [9.17, 15) is 0 Å². The lowest BCUT2D eigenvalue weighted by molar-refractivity contribution is 0.632. The van der Waals surface area contributed by atoms with Crippen LogP contribution in [0.25, 0.3) is 0 Å². The van der Waals surface area contributed by atoms with Crippen molar-refractivity contribution in [2.45, 2.75) is 13.8 Å². The summed E-state index contributed by atoms with van der Waals surface area (Å²) in [5.41, 5.74) is 0. The van der Waals surface area contributed by atoms with Crippen molar-refractivity contribution in [3.8, 4) is 0 Å². The van der Waals surface area contributed by atoms with Gasteiger partial charge in [-0.3, -0.25) is 4.66 Å². The van der Waals surface area contributed by atoms with Gasteiger partial charge in [0.25, 0.3) is 0 Å². The van der Waals surface area contributed by atoms with Crippen LogP contribution in [0.5, 0.6) is 0 Å². The molecule has 0 aliphatic carbocycles. The Kier molecular flexibility index (Phi) is 584. The lowest BCUT2D eigenvalue weighted by Gasteiger charge is -1.13. The smallest absolute Gasteiger partial charge is 0.0579 e. The normalized spacial score (nSPS) is 3.00. The first-order chi connectivity index (χ1) is 2.00. The van der Waals surface area contributed by atoms with E-state index in [0.29, 0.717) is 0 Å². The molecule has 0 saturated heterocycles. The average Bonchev–Trinajstić information content (AvgIpc) is 1.50. The highest BCUT2D eigenvalue weighted by atomic mass is 35.5. The number of hydrogen-bond donors (Lipinski definition) is 1. The van der Waals surface area contributed by atoms with E-state index in [1.54, 1.807) is 0 Å². The minimum absolute atomic E-state index is 2.00. The van der Waals surface area contributed by atoms with Gasteiger partial charge in [0.05, 0.1) is 11.9 Å². The second-order valence-corrected chi connectivity index (χ2v) is 0. The van der Waals surface area contributed by atoms with Crippen molar-refractivity contribution in [3.63, 3.8) is 0 Å². The van der Waals surface area contributed by atoms with E-state index >= 15 is 0 Å². The van der Waals surface area contributed by atoms with Crippen LogP contribution in [0.4, 0.5) is 0 Å². The molecular weight excluding hydrogens is 75.5 g/mol. The molecule has 2 heteroatoms. The fraction of sp³-hybridized carbons (Fsp3) is 1.00. The standard InChI is InChI=1S/C2H6.ClHO/c2*1-2/h1-2H3;2H. The molecule has 0 aromatic carbocycles. The maximum absolute atomic E-state index is 6.47. The van der Waals surface area contributed by atoms with Gasteiger partial charge in [-0.15, -0.1) is 0 Å². The summed E-state index contributed by atoms with van der Waals surface area (Å²) in [4.78, 5) is 0. The summed E-state index contributed by atoms with van der Waals surface area (Å²) >= 11 is 3.64. The molecule has 0 amide bonds. The van der Waals surface area contributed by atoms with Crippen molar-refractivity contribution in [1.29, 1.82) is 0 Å². The molecule has 0 fully saturated rings. The molecule has 0 spiro atoms. The molecule has 0 heterocycles. The first kappa shape index (κ1) is 8.87. The van der Waals surface area contributed by atoms with E-state index in [-0.39, 0.29) is 0 Å². The third-order valence-electron chi connectivity index (χ3n) is 0. The molecule has 0 aromatic heterocycles. The molecule has 0 atom stereocenters. The molecular formula is C2H7ClO. The van der Waals surface area contributed by atoms with Crippen molar-refractivity contribution in [1.82, 2.24) is 0 Å². The van der Waals surface area contributed by atoms with Crippen molar-refractivity contribution >= 4 is 11.9 Å². The Bertz CT molecular complexity index is 6.00. The van der Waals surface area contributed by atoms with E-state index in [2.05, 4.69) is 11.9 Å². The van der Waals surface area contributed by atoms with Crippen LogP contribution >= 0.6 is 11.9 Å². The lowest BCUT2D eigenvalue weighted by atomic mass is 11.0. The Hall–Kier alpha value is 0.250. The van der Waals surface area contributed by atoms with Crippen LogP contribution in [0.1, 0.15) is 13.8 Å². The molecule has 0 unspecified atom stereocenters. The highest BCUT2D eigenvalue weighted by Crippen LogP contribution is 1.31. The molecule has 1 nitrogen and oxygen atoms in total. The van der Waals surface area contributed by atoms with Crippen LogP contribution in [0.2, 0.25) is 0 Å². The van der Waals surface area contributed by atoms with Crippen LogP contribution in [0.3, 0.4) is 0 Å². The SMILES string of the molecule is CC.OCl. The minimum atomic E-state index is 2.00. The molecule has 28 valence electrons. The Labute approximate surface area is 31.4 Å². The predicted molar refractivity (Wildman–Crippen MR) is 19.4 cm³/mol. The first-order valence-corrected chi connectivity index (χ1v) is 1.51. The molecule has 0 radical (unpaired) electrons. The van der Waals surface area contributed by atoms with Gasteiger partial charge < -0.3 is 0 Å². The molecule has 0 bridgehead atoms. The van der Waals surface area contributed by atoms with Gasteiger partial charge in [-0.25, -0.2) is 0 Å². The molecule has 0 aliphatic rings. The lowest BCUT2D eigenvalue weighted by Crippen LogP contribution is -0.913. The average molecular weight is 82.5 g/mol. The third kappa shape index (κ3) is 56.3. The minimum Gasteiger partial charge on any atom is -0.295 e. The summed E-state index contributed by atoms with van der Waals surface area (Å²) in [5.74, 6) is 0. The summed E-state index contributed by atoms with van der Waals surface area (Å²) in [6, 6.07) is 0. The summed E-state index contributed by atoms with van der Waals surface area (Å²) in [6.45, 7) is 4.00.